The number of aryl methyl sites for hydroxylation is 2. The Hall–Kier alpha value is -2.83. The summed E-state index contributed by atoms with van der Waals surface area (Å²) in [6.45, 7) is 4.10. The van der Waals surface area contributed by atoms with Gasteiger partial charge < -0.3 is 14.0 Å². The number of rotatable bonds is 3. The fourth-order valence-corrected chi connectivity index (χ4v) is 2.53. The van der Waals surface area contributed by atoms with Gasteiger partial charge in [-0.2, -0.15) is 10.1 Å². The highest BCUT2D eigenvalue weighted by Crippen LogP contribution is 2.33. The van der Waals surface area contributed by atoms with E-state index in [1.54, 1.807) is 0 Å². The van der Waals surface area contributed by atoms with E-state index in [1.807, 2.05) is 32.0 Å². The molecule has 0 radical (unpaired) electrons. The second kappa shape index (κ2) is 4.87. The molecule has 4 rings (SSSR count). The minimum Gasteiger partial charge on any atom is -0.454 e. The number of H-pyrrole nitrogens is 1. The van der Waals surface area contributed by atoms with Gasteiger partial charge in [0.15, 0.2) is 17.3 Å². The van der Waals surface area contributed by atoms with Crippen molar-refractivity contribution in [3.63, 3.8) is 0 Å². The molecule has 1 aliphatic rings. The van der Waals surface area contributed by atoms with Gasteiger partial charge in [-0.25, -0.2) is 0 Å². The van der Waals surface area contributed by atoms with Gasteiger partial charge in [0.1, 0.15) is 0 Å². The zero-order chi connectivity index (χ0) is 15.1. The molecule has 3 heterocycles. The van der Waals surface area contributed by atoms with Gasteiger partial charge in [0.05, 0.1) is 11.3 Å². The molecule has 0 unspecified atom stereocenters. The van der Waals surface area contributed by atoms with Crippen molar-refractivity contribution in [1.29, 1.82) is 0 Å². The molecule has 0 saturated carbocycles. The van der Waals surface area contributed by atoms with E-state index in [0.29, 0.717) is 18.1 Å². The van der Waals surface area contributed by atoms with Crippen LogP contribution in [0.3, 0.4) is 0 Å². The molecular formula is C15H14N4O3. The molecule has 2 aromatic heterocycles. The van der Waals surface area contributed by atoms with Gasteiger partial charge in [0.2, 0.25) is 6.79 Å². The summed E-state index contributed by atoms with van der Waals surface area (Å²) in [5, 5.41) is 11.1. The summed E-state index contributed by atoms with van der Waals surface area (Å²) in [7, 11) is 0. The second-order valence-corrected chi connectivity index (χ2v) is 5.19. The van der Waals surface area contributed by atoms with Crippen LogP contribution in [0.1, 0.15) is 22.8 Å². The first-order valence-corrected chi connectivity index (χ1v) is 6.94. The molecule has 0 bridgehead atoms. The molecule has 112 valence electrons. The van der Waals surface area contributed by atoms with Crippen molar-refractivity contribution in [1.82, 2.24) is 20.3 Å². The largest absolute Gasteiger partial charge is 0.454 e. The van der Waals surface area contributed by atoms with Crippen LogP contribution in [0.2, 0.25) is 0 Å². The highest BCUT2D eigenvalue weighted by Gasteiger charge is 2.18. The summed E-state index contributed by atoms with van der Waals surface area (Å²) >= 11 is 0. The van der Waals surface area contributed by atoms with Crippen molar-refractivity contribution in [2.75, 3.05) is 6.79 Å². The topological polar surface area (TPSA) is 86.1 Å². The van der Waals surface area contributed by atoms with Gasteiger partial charge in [0.25, 0.3) is 5.89 Å². The first-order valence-electron chi connectivity index (χ1n) is 6.94. The lowest BCUT2D eigenvalue weighted by Gasteiger charge is -1.99. The molecule has 7 nitrogen and oxygen atoms in total. The van der Waals surface area contributed by atoms with E-state index in [4.69, 9.17) is 14.0 Å². The minimum absolute atomic E-state index is 0.268. The van der Waals surface area contributed by atoms with Crippen LogP contribution < -0.4 is 9.47 Å². The number of nitrogens with zero attached hydrogens (tertiary/aromatic N) is 3. The van der Waals surface area contributed by atoms with Crippen molar-refractivity contribution in [3.8, 4) is 23.0 Å². The Kier molecular flexibility index (Phi) is 2.85. The number of hydrogen-bond acceptors (Lipinski definition) is 6. The molecule has 1 aromatic carbocycles. The van der Waals surface area contributed by atoms with Gasteiger partial charge in [0, 0.05) is 12.1 Å². The lowest BCUT2D eigenvalue weighted by Crippen LogP contribution is -1.93. The number of hydrogen-bond donors (Lipinski definition) is 1. The smallest absolute Gasteiger partial charge is 0.261 e. The fourth-order valence-electron chi connectivity index (χ4n) is 2.53. The first-order chi connectivity index (χ1) is 10.7. The van der Waals surface area contributed by atoms with E-state index in [2.05, 4.69) is 20.3 Å². The van der Waals surface area contributed by atoms with Crippen molar-refractivity contribution < 1.29 is 14.0 Å². The number of nitrogens with one attached hydrogen (secondary N) is 1. The maximum absolute atomic E-state index is 5.37. The van der Waals surface area contributed by atoms with Crippen molar-refractivity contribution in [2.24, 2.45) is 0 Å². The average Bonchev–Trinajstić information content (AvgIpc) is 3.20. The van der Waals surface area contributed by atoms with Crippen LogP contribution in [-0.4, -0.2) is 27.1 Å². The molecule has 0 aliphatic carbocycles. The minimum atomic E-state index is 0.268. The molecule has 22 heavy (non-hydrogen) atoms. The summed E-state index contributed by atoms with van der Waals surface area (Å²) in [6.07, 6.45) is 0.566. The second-order valence-electron chi connectivity index (χ2n) is 5.19. The maximum atomic E-state index is 5.37. The van der Waals surface area contributed by atoms with Gasteiger partial charge in [-0.1, -0.05) is 11.2 Å². The monoisotopic (exact) mass is 298 g/mol. The van der Waals surface area contributed by atoms with Crippen molar-refractivity contribution >= 4 is 0 Å². The third-order valence-corrected chi connectivity index (χ3v) is 3.61. The Balaban J connectivity index is 1.60. The molecular weight excluding hydrogens is 284 g/mol. The number of fused-ring (bicyclic) bond motifs is 1. The SMILES string of the molecule is Cc1n[nH]c(C)c1-c1nc(Cc2ccc3c(c2)OCO3)no1. The summed E-state index contributed by atoms with van der Waals surface area (Å²) in [4.78, 5) is 4.45. The quantitative estimate of drug-likeness (QED) is 0.799. The highest BCUT2D eigenvalue weighted by molar-refractivity contribution is 5.59. The molecule has 1 aliphatic heterocycles. The lowest BCUT2D eigenvalue weighted by molar-refractivity contribution is 0.174. The highest BCUT2D eigenvalue weighted by atomic mass is 16.7. The van der Waals surface area contributed by atoms with Crippen LogP contribution in [0, 0.1) is 13.8 Å². The van der Waals surface area contributed by atoms with Crippen molar-refractivity contribution in [2.45, 2.75) is 20.3 Å². The van der Waals surface area contributed by atoms with E-state index < -0.39 is 0 Å². The van der Waals surface area contributed by atoms with Crippen LogP contribution in [-0.2, 0) is 6.42 Å². The van der Waals surface area contributed by atoms with Crippen LogP contribution in [0.15, 0.2) is 22.7 Å². The molecule has 0 atom stereocenters. The van der Waals surface area contributed by atoms with Gasteiger partial charge in [-0.15, -0.1) is 0 Å². The third-order valence-electron chi connectivity index (χ3n) is 3.61. The normalized spacial score (nSPS) is 12.8. The standard InChI is InChI=1S/C15H14N4O3/c1-8-14(9(2)18-17-8)15-16-13(19-22-15)6-10-3-4-11-12(5-10)21-7-20-11/h3-5H,6-7H2,1-2H3,(H,17,18). The number of ether oxygens (including phenoxy) is 2. The number of benzene rings is 1. The van der Waals surface area contributed by atoms with E-state index in [1.165, 1.54) is 0 Å². The zero-order valence-electron chi connectivity index (χ0n) is 12.2. The summed E-state index contributed by atoms with van der Waals surface area (Å²) in [5.74, 6) is 2.62. The van der Waals surface area contributed by atoms with Gasteiger partial charge in [-0.05, 0) is 31.5 Å². The van der Waals surface area contributed by atoms with Gasteiger partial charge >= 0.3 is 0 Å². The number of aromatic amines is 1. The van der Waals surface area contributed by atoms with E-state index in [0.717, 1.165) is 34.0 Å². The first kappa shape index (κ1) is 12.9. The summed E-state index contributed by atoms with van der Waals surface area (Å²) in [6, 6.07) is 5.80. The van der Waals surface area contributed by atoms with Crippen LogP contribution in [0.4, 0.5) is 0 Å². The van der Waals surface area contributed by atoms with Crippen LogP contribution in [0.25, 0.3) is 11.5 Å². The lowest BCUT2D eigenvalue weighted by atomic mass is 10.1. The Bertz CT molecular complexity index is 818. The van der Waals surface area contributed by atoms with E-state index in [9.17, 15) is 0 Å². The average molecular weight is 298 g/mol. The number of aromatic nitrogens is 4. The fraction of sp³-hybridized carbons (Fsp3) is 0.267. The Labute approximate surface area is 126 Å². The van der Waals surface area contributed by atoms with Crippen molar-refractivity contribution in [3.05, 3.63) is 41.0 Å². The Morgan fingerprint density at radius 1 is 1.18 bits per heavy atom. The Morgan fingerprint density at radius 2 is 2.05 bits per heavy atom. The molecule has 0 spiro atoms. The Morgan fingerprint density at radius 3 is 2.86 bits per heavy atom. The molecule has 7 heteroatoms. The van der Waals surface area contributed by atoms with E-state index >= 15 is 0 Å². The maximum Gasteiger partial charge on any atom is 0.261 e. The van der Waals surface area contributed by atoms with E-state index in [-0.39, 0.29) is 6.79 Å². The van der Waals surface area contributed by atoms with Crippen LogP contribution >= 0.6 is 0 Å². The summed E-state index contributed by atoms with van der Waals surface area (Å²) < 4.78 is 16.0. The molecule has 0 saturated heterocycles. The summed E-state index contributed by atoms with van der Waals surface area (Å²) in [5.41, 5.74) is 3.66. The zero-order valence-corrected chi connectivity index (χ0v) is 12.2. The predicted molar refractivity (Wildman–Crippen MR) is 76.7 cm³/mol. The predicted octanol–water partition coefficient (Wildman–Crippen LogP) is 2.40. The molecule has 0 amide bonds. The van der Waals surface area contributed by atoms with Crippen LogP contribution in [0.5, 0.6) is 11.5 Å². The third kappa shape index (κ3) is 2.11. The molecule has 0 fully saturated rings. The molecule has 1 N–H and O–H groups in total. The van der Waals surface area contributed by atoms with Gasteiger partial charge in [-0.3, -0.25) is 5.10 Å². The molecule has 3 aromatic rings.